The highest BCUT2D eigenvalue weighted by molar-refractivity contribution is 7.92. The molecule has 0 fully saturated rings. The van der Waals surface area contributed by atoms with Gasteiger partial charge in [0.05, 0.1) is 17.5 Å². The van der Waals surface area contributed by atoms with Crippen LogP contribution in [0.3, 0.4) is 0 Å². The number of sulfonamides is 1. The number of hydrogen-bond acceptors (Lipinski definition) is 5. The molecule has 9 heteroatoms. The van der Waals surface area contributed by atoms with Gasteiger partial charge in [-0.3, -0.25) is 24.7 Å². The number of anilines is 1. The third-order valence-electron chi connectivity index (χ3n) is 4.17. The number of amides is 2. The molecular weight excluding hydrogens is 358 g/mol. The number of benzene rings is 1. The van der Waals surface area contributed by atoms with E-state index in [1.54, 1.807) is 32.0 Å². The number of carbonyl (C=O) groups is 2. The maximum absolute atomic E-state index is 12.3. The first kappa shape index (κ1) is 18.0. The molecule has 0 bridgehead atoms. The number of fused-ring (bicyclic) bond motifs is 1. The minimum atomic E-state index is -3.34. The van der Waals surface area contributed by atoms with Crippen LogP contribution in [-0.2, 0) is 16.4 Å². The molecule has 0 saturated carbocycles. The van der Waals surface area contributed by atoms with E-state index in [0.29, 0.717) is 41.3 Å². The van der Waals surface area contributed by atoms with Crippen LogP contribution in [0, 0.1) is 13.8 Å². The van der Waals surface area contributed by atoms with Crippen LogP contribution in [-0.4, -0.2) is 33.0 Å². The van der Waals surface area contributed by atoms with E-state index in [0.717, 1.165) is 11.8 Å². The van der Waals surface area contributed by atoms with Crippen LogP contribution in [0.5, 0.6) is 0 Å². The Labute approximate surface area is 151 Å². The molecule has 8 nitrogen and oxygen atoms in total. The molecule has 1 aliphatic heterocycles. The second kappa shape index (κ2) is 6.49. The van der Waals surface area contributed by atoms with Crippen molar-refractivity contribution in [3.05, 3.63) is 52.5 Å². The van der Waals surface area contributed by atoms with Crippen LogP contribution in [0.4, 0.5) is 5.69 Å². The Morgan fingerprint density at radius 2 is 1.81 bits per heavy atom. The number of aryl methyl sites for hydroxylation is 2. The molecule has 0 saturated heterocycles. The van der Waals surface area contributed by atoms with E-state index in [-0.39, 0.29) is 0 Å². The zero-order valence-corrected chi connectivity index (χ0v) is 15.4. The quantitative estimate of drug-likeness (QED) is 0.784. The van der Waals surface area contributed by atoms with Gasteiger partial charge < -0.3 is 4.42 Å². The van der Waals surface area contributed by atoms with Gasteiger partial charge in [0.2, 0.25) is 10.0 Å². The lowest BCUT2D eigenvalue weighted by atomic mass is 10.1. The molecule has 0 atom stereocenters. The molecule has 2 heterocycles. The summed E-state index contributed by atoms with van der Waals surface area (Å²) in [6.07, 6.45) is 1.68. The second-order valence-corrected chi connectivity index (χ2v) is 8.07. The summed E-state index contributed by atoms with van der Waals surface area (Å²) in [4.78, 5) is 24.4. The molecule has 2 amide bonds. The number of rotatable bonds is 3. The summed E-state index contributed by atoms with van der Waals surface area (Å²) in [6.45, 7) is 3.75. The Morgan fingerprint density at radius 3 is 2.42 bits per heavy atom. The van der Waals surface area contributed by atoms with E-state index in [1.165, 1.54) is 10.4 Å². The molecule has 1 aliphatic rings. The standard InChI is InChI=1S/C17H19N3O5S/c1-10-8-14(11(2)25-10)17(22)19-18-16(21)13-4-5-15-12(9-13)6-7-20(15)26(3,23)24/h4-5,8-9H,6-7H2,1-3H3,(H,18,21)(H,19,22). The Balaban J connectivity index is 1.70. The van der Waals surface area contributed by atoms with E-state index < -0.39 is 21.8 Å². The summed E-state index contributed by atoms with van der Waals surface area (Å²) in [5, 5.41) is 0. The van der Waals surface area contributed by atoms with E-state index in [1.807, 2.05) is 0 Å². The maximum atomic E-state index is 12.3. The Kier molecular flexibility index (Phi) is 4.49. The molecule has 2 aromatic rings. The van der Waals surface area contributed by atoms with Gasteiger partial charge in [0.15, 0.2) is 0 Å². The predicted octanol–water partition coefficient (Wildman–Crippen LogP) is 1.29. The van der Waals surface area contributed by atoms with Crippen LogP contribution in [0.25, 0.3) is 0 Å². The Hall–Kier alpha value is -2.81. The van der Waals surface area contributed by atoms with E-state index in [9.17, 15) is 18.0 Å². The van der Waals surface area contributed by atoms with Crippen LogP contribution >= 0.6 is 0 Å². The van der Waals surface area contributed by atoms with Crippen molar-refractivity contribution in [3.63, 3.8) is 0 Å². The summed E-state index contributed by atoms with van der Waals surface area (Å²) in [5.41, 5.74) is 6.74. The highest BCUT2D eigenvalue weighted by Gasteiger charge is 2.26. The van der Waals surface area contributed by atoms with E-state index in [2.05, 4.69) is 10.9 Å². The summed E-state index contributed by atoms with van der Waals surface area (Å²) in [7, 11) is -3.34. The van der Waals surface area contributed by atoms with Gasteiger partial charge in [-0.15, -0.1) is 0 Å². The molecule has 0 radical (unpaired) electrons. The first-order valence-corrected chi connectivity index (χ1v) is 9.80. The molecule has 3 rings (SSSR count). The first-order chi connectivity index (χ1) is 12.2. The average Bonchev–Trinajstić information content (AvgIpc) is 3.14. The van der Waals surface area contributed by atoms with Crippen molar-refractivity contribution in [1.29, 1.82) is 0 Å². The summed E-state index contributed by atoms with van der Waals surface area (Å²) < 4.78 is 30.1. The van der Waals surface area contributed by atoms with Crippen LogP contribution < -0.4 is 15.2 Å². The van der Waals surface area contributed by atoms with Crippen molar-refractivity contribution >= 4 is 27.5 Å². The molecule has 2 N–H and O–H groups in total. The van der Waals surface area contributed by atoms with Gasteiger partial charge in [0.1, 0.15) is 11.5 Å². The fourth-order valence-electron chi connectivity index (χ4n) is 2.97. The van der Waals surface area contributed by atoms with Gasteiger partial charge in [-0.05, 0) is 50.1 Å². The van der Waals surface area contributed by atoms with Gasteiger partial charge in [0, 0.05) is 12.1 Å². The Morgan fingerprint density at radius 1 is 1.12 bits per heavy atom. The fraction of sp³-hybridized carbons (Fsp3) is 0.294. The first-order valence-electron chi connectivity index (χ1n) is 7.95. The van der Waals surface area contributed by atoms with Gasteiger partial charge in [-0.2, -0.15) is 0 Å². The number of hydrogen-bond donors (Lipinski definition) is 2. The molecule has 0 aliphatic carbocycles. The maximum Gasteiger partial charge on any atom is 0.273 e. The van der Waals surface area contributed by atoms with Gasteiger partial charge in [-0.25, -0.2) is 8.42 Å². The van der Waals surface area contributed by atoms with Crippen LogP contribution in [0.15, 0.2) is 28.7 Å². The zero-order chi connectivity index (χ0) is 19.1. The summed E-state index contributed by atoms with van der Waals surface area (Å²) in [5.74, 6) is 0.106. The zero-order valence-electron chi connectivity index (χ0n) is 14.6. The number of nitrogens with one attached hydrogen (secondary N) is 2. The van der Waals surface area contributed by atoms with Gasteiger partial charge >= 0.3 is 0 Å². The van der Waals surface area contributed by atoms with Crippen LogP contribution in [0.1, 0.15) is 37.8 Å². The van der Waals surface area contributed by atoms with E-state index in [4.69, 9.17) is 4.42 Å². The van der Waals surface area contributed by atoms with Gasteiger partial charge in [-0.1, -0.05) is 0 Å². The number of carbonyl (C=O) groups excluding carboxylic acids is 2. The van der Waals surface area contributed by atoms with Crippen molar-refractivity contribution in [3.8, 4) is 0 Å². The largest absolute Gasteiger partial charge is 0.466 e. The average molecular weight is 377 g/mol. The Bertz CT molecular complexity index is 994. The van der Waals surface area contributed by atoms with Crippen molar-refractivity contribution < 1.29 is 22.4 Å². The third-order valence-corrected chi connectivity index (χ3v) is 5.35. The number of nitrogens with zero attached hydrogens (tertiary/aromatic N) is 1. The van der Waals surface area contributed by atoms with Crippen molar-refractivity contribution in [2.75, 3.05) is 17.1 Å². The molecule has 0 spiro atoms. The minimum Gasteiger partial charge on any atom is -0.466 e. The molecular formula is C17H19N3O5S. The van der Waals surface area contributed by atoms with Crippen molar-refractivity contribution in [2.24, 2.45) is 0 Å². The molecule has 138 valence electrons. The second-order valence-electron chi connectivity index (χ2n) is 6.16. The SMILES string of the molecule is Cc1cc(C(=O)NNC(=O)c2ccc3c(c2)CCN3S(C)(=O)=O)c(C)o1. The lowest BCUT2D eigenvalue weighted by Crippen LogP contribution is -2.41. The van der Waals surface area contributed by atoms with E-state index >= 15 is 0 Å². The highest BCUT2D eigenvalue weighted by Crippen LogP contribution is 2.30. The molecule has 1 aromatic carbocycles. The number of furan rings is 1. The topological polar surface area (TPSA) is 109 Å². The third kappa shape index (κ3) is 3.43. The van der Waals surface area contributed by atoms with Gasteiger partial charge in [0.25, 0.3) is 11.8 Å². The lowest BCUT2D eigenvalue weighted by molar-refractivity contribution is 0.0845. The fourth-order valence-corrected chi connectivity index (χ4v) is 3.92. The smallest absolute Gasteiger partial charge is 0.273 e. The summed E-state index contributed by atoms with van der Waals surface area (Å²) >= 11 is 0. The minimum absolute atomic E-state index is 0.333. The normalized spacial score (nSPS) is 13.4. The monoisotopic (exact) mass is 377 g/mol. The lowest BCUT2D eigenvalue weighted by Gasteiger charge is -2.16. The molecule has 1 aromatic heterocycles. The number of hydrazine groups is 1. The molecule has 26 heavy (non-hydrogen) atoms. The molecule has 0 unspecified atom stereocenters. The predicted molar refractivity (Wildman–Crippen MR) is 95.5 cm³/mol. The van der Waals surface area contributed by atoms with Crippen molar-refractivity contribution in [2.45, 2.75) is 20.3 Å². The van der Waals surface area contributed by atoms with Crippen molar-refractivity contribution in [1.82, 2.24) is 10.9 Å². The highest BCUT2D eigenvalue weighted by atomic mass is 32.2. The summed E-state index contributed by atoms with van der Waals surface area (Å²) in [6, 6.07) is 6.35. The van der Waals surface area contributed by atoms with Crippen LogP contribution in [0.2, 0.25) is 0 Å².